The van der Waals surface area contributed by atoms with Gasteiger partial charge in [0.25, 0.3) is 5.56 Å². The van der Waals surface area contributed by atoms with Crippen molar-refractivity contribution in [2.45, 2.75) is 38.8 Å². The first-order chi connectivity index (χ1) is 15.4. The Morgan fingerprint density at radius 1 is 1.24 bits per heavy atom. The molecule has 33 heavy (non-hydrogen) atoms. The topological polar surface area (TPSA) is 119 Å². The SMILES string of the molecule is CC(C)(C)OC(=O)N[C@@](C)(COc1nc[nH]c(=O)c1Br)c1cc(-c2c(F)cccc2F)no1. The summed E-state index contributed by atoms with van der Waals surface area (Å²) in [6, 6.07) is 4.68. The fourth-order valence-corrected chi connectivity index (χ4v) is 3.10. The average molecular weight is 527 g/mol. The zero-order valence-corrected chi connectivity index (χ0v) is 19.7. The quantitative estimate of drug-likeness (QED) is 0.491. The number of amides is 1. The van der Waals surface area contributed by atoms with Crippen LogP contribution in [0.2, 0.25) is 0 Å². The Labute approximate surface area is 195 Å². The van der Waals surface area contributed by atoms with Gasteiger partial charge in [-0.1, -0.05) is 11.2 Å². The predicted octanol–water partition coefficient (Wildman–Crippen LogP) is 4.28. The maximum atomic E-state index is 14.2. The number of carbonyl (C=O) groups is 1. The highest BCUT2D eigenvalue weighted by atomic mass is 79.9. The van der Waals surface area contributed by atoms with Gasteiger partial charge in [0, 0.05) is 6.07 Å². The third-order valence-electron chi connectivity index (χ3n) is 4.31. The summed E-state index contributed by atoms with van der Waals surface area (Å²) in [5.41, 5.74) is -3.20. The molecule has 1 atom stereocenters. The molecule has 0 saturated carbocycles. The number of benzene rings is 1. The van der Waals surface area contributed by atoms with Gasteiger partial charge in [0.2, 0.25) is 5.88 Å². The number of aromatic nitrogens is 3. The molecule has 0 unspecified atom stereocenters. The number of hydrogen-bond donors (Lipinski definition) is 2. The van der Waals surface area contributed by atoms with Crippen molar-refractivity contribution >= 4 is 22.0 Å². The van der Waals surface area contributed by atoms with E-state index in [-0.39, 0.29) is 34.0 Å². The number of alkyl carbamates (subject to hydrolysis) is 1. The first-order valence-electron chi connectivity index (χ1n) is 9.68. The number of ether oxygens (including phenoxy) is 2. The fourth-order valence-electron chi connectivity index (χ4n) is 2.77. The van der Waals surface area contributed by atoms with E-state index in [9.17, 15) is 18.4 Å². The molecule has 0 aliphatic heterocycles. The summed E-state index contributed by atoms with van der Waals surface area (Å²) in [5, 5.41) is 6.39. The summed E-state index contributed by atoms with van der Waals surface area (Å²) in [6.45, 7) is 6.29. The maximum absolute atomic E-state index is 14.2. The Kier molecular flexibility index (Phi) is 6.86. The largest absolute Gasteiger partial charge is 0.474 e. The number of nitrogens with zero attached hydrogens (tertiary/aromatic N) is 2. The molecule has 2 N–H and O–H groups in total. The first-order valence-corrected chi connectivity index (χ1v) is 10.5. The molecule has 1 amide bonds. The Hall–Kier alpha value is -3.28. The van der Waals surface area contributed by atoms with Crippen LogP contribution in [0.15, 0.2) is 44.4 Å². The number of hydrogen-bond acceptors (Lipinski definition) is 7. The van der Waals surface area contributed by atoms with Crippen LogP contribution in [-0.4, -0.2) is 33.4 Å². The van der Waals surface area contributed by atoms with Crippen LogP contribution in [0.5, 0.6) is 5.88 Å². The average Bonchev–Trinajstić information content (AvgIpc) is 3.18. The standard InChI is InChI=1S/C21H21BrF2N4O5/c1-20(2,3)32-19(30)27-21(4,9-31-18-16(22)17(29)25-10-26-18)14-8-13(28-33-14)15-11(23)6-5-7-12(15)24/h5-8,10H,9H2,1-4H3,(H,27,30)(H,25,26,29)/t21-/m0/s1. The van der Waals surface area contributed by atoms with Gasteiger partial charge in [0.05, 0.1) is 11.9 Å². The summed E-state index contributed by atoms with van der Waals surface area (Å²) in [4.78, 5) is 30.6. The van der Waals surface area contributed by atoms with Crippen molar-refractivity contribution in [1.82, 2.24) is 20.4 Å². The lowest BCUT2D eigenvalue weighted by Crippen LogP contribution is -2.49. The molecule has 1 aromatic carbocycles. The van der Waals surface area contributed by atoms with Gasteiger partial charge in [-0.3, -0.25) is 4.79 Å². The Balaban J connectivity index is 1.96. The fraction of sp³-hybridized carbons (Fsp3) is 0.333. The molecule has 2 aromatic heterocycles. The van der Waals surface area contributed by atoms with E-state index in [1.54, 1.807) is 20.8 Å². The van der Waals surface area contributed by atoms with Gasteiger partial charge in [-0.05, 0) is 55.8 Å². The molecule has 12 heteroatoms. The molecule has 0 saturated heterocycles. The molecular formula is C21H21BrF2N4O5. The highest BCUT2D eigenvalue weighted by Gasteiger charge is 2.37. The third-order valence-corrected chi connectivity index (χ3v) is 5.01. The highest BCUT2D eigenvalue weighted by Crippen LogP contribution is 2.31. The molecule has 3 rings (SSSR count). The summed E-state index contributed by atoms with van der Waals surface area (Å²) in [5.74, 6) is -1.68. The van der Waals surface area contributed by atoms with Crippen LogP contribution in [0, 0.1) is 11.6 Å². The first kappa shape index (κ1) is 24.4. The van der Waals surface area contributed by atoms with Gasteiger partial charge in [0.1, 0.15) is 39.5 Å². The minimum absolute atomic E-state index is 0.0203. The van der Waals surface area contributed by atoms with Gasteiger partial charge in [-0.15, -0.1) is 0 Å². The second-order valence-electron chi connectivity index (χ2n) is 8.27. The summed E-state index contributed by atoms with van der Waals surface area (Å²) < 4.78 is 44.7. The van der Waals surface area contributed by atoms with Gasteiger partial charge in [-0.2, -0.15) is 0 Å². The molecule has 9 nitrogen and oxygen atoms in total. The van der Waals surface area contributed by atoms with Crippen molar-refractivity contribution in [3.05, 3.63) is 62.8 Å². The Morgan fingerprint density at radius 2 is 1.91 bits per heavy atom. The minimum atomic E-state index is -1.43. The molecule has 2 heterocycles. The second kappa shape index (κ2) is 9.30. The van der Waals surface area contributed by atoms with E-state index in [0.29, 0.717) is 0 Å². The van der Waals surface area contributed by atoms with E-state index < -0.39 is 34.4 Å². The van der Waals surface area contributed by atoms with E-state index in [2.05, 4.69) is 36.4 Å². The van der Waals surface area contributed by atoms with Crippen molar-refractivity contribution in [3.8, 4) is 17.1 Å². The van der Waals surface area contributed by atoms with Crippen LogP contribution in [0.3, 0.4) is 0 Å². The van der Waals surface area contributed by atoms with Gasteiger partial charge < -0.3 is 24.3 Å². The molecule has 176 valence electrons. The van der Waals surface area contributed by atoms with Crippen molar-refractivity contribution < 1.29 is 27.6 Å². The molecule has 0 aliphatic rings. The summed E-state index contributed by atoms with van der Waals surface area (Å²) in [6.07, 6.45) is 0.343. The summed E-state index contributed by atoms with van der Waals surface area (Å²) in [7, 11) is 0. The maximum Gasteiger partial charge on any atom is 0.408 e. The van der Waals surface area contributed by atoms with Crippen molar-refractivity contribution in [2.75, 3.05) is 6.61 Å². The van der Waals surface area contributed by atoms with Crippen LogP contribution in [0.4, 0.5) is 13.6 Å². The number of aromatic amines is 1. The number of rotatable bonds is 6. The van der Waals surface area contributed by atoms with Crippen LogP contribution in [0.1, 0.15) is 33.5 Å². The smallest absolute Gasteiger partial charge is 0.408 e. The third kappa shape index (κ3) is 5.75. The summed E-state index contributed by atoms with van der Waals surface area (Å²) >= 11 is 3.08. The van der Waals surface area contributed by atoms with Crippen LogP contribution < -0.4 is 15.6 Å². The zero-order chi connectivity index (χ0) is 24.4. The molecule has 0 aliphatic carbocycles. The molecular weight excluding hydrogens is 506 g/mol. The Bertz CT molecular complexity index is 1200. The Morgan fingerprint density at radius 3 is 2.55 bits per heavy atom. The van der Waals surface area contributed by atoms with Crippen molar-refractivity contribution in [3.63, 3.8) is 0 Å². The van der Waals surface area contributed by atoms with Crippen LogP contribution in [-0.2, 0) is 10.3 Å². The predicted molar refractivity (Wildman–Crippen MR) is 117 cm³/mol. The van der Waals surface area contributed by atoms with Gasteiger partial charge in [-0.25, -0.2) is 18.6 Å². The monoisotopic (exact) mass is 526 g/mol. The molecule has 0 bridgehead atoms. The number of halogens is 3. The van der Waals surface area contributed by atoms with E-state index in [1.165, 1.54) is 19.1 Å². The lowest BCUT2D eigenvalue weighted by Gasteiger charge is -2.29. The lowest BCUT2D eigenvalue weighted by atomic mass is 9.99. The number of carbonyl (C=O) groups excluding carboxylic acids is 1. The molecule has 0 spiro atoms. The molecule has 0 radical (unpaired) electrons. The lowest BCUT2D eigenvalue weighted by molar-refractivity contribution is 0.0393. The highest BCUT2D eigenvalue weighted by molar-refractivity contribution is 9.10. The van der Waals surface area contributed by atoms with Gasteiger partial charge >= 0.3 is 6.09 Å². The van der Waals surface area contributed by atoms with E-state index in [4.69, 9.17) is 14.0 Å². The second-order valence-corrected chi connectivity index (χ2v) is 9.06. The van der Waals surface area contributed by atoms with Gasteiger partial charge in [0.15, 0.2) is 5.76 Å². The minimum Gasteiger partial charge on any atom is -0.474 e. The van der Waals surface area contributed by atoms with Crippen molar-refractivity contribution in [1.29, 1.82) is 0 Å². The molecule has 3 aromatic rings. The van der Waals surface area contributed by atoms with Crippen molar-refractivity contribution in [2.24, 2.45) is 0 Å². The zero-order valence-electron chi connectivity index (χ0n) is 18.2. The number of nitrogens with one attached hydrogen (secondary N) is 2. The van der Waals surface area contributed by atoms with E-state index in [0.717, 1.165) is 18.5 Å². The van der Waals surface area contributed by atoms with E-state index in [1.807, 2.05) is 0 Å². The van der Waals surface area contributed by atoms with E-state index >= 15 is 0 Å². The van der Waals surface area contributed by atoms with Crippen LogP contribution in [0.25, 0.3) is 11.3 Å². The molecule has 0 fully saturated rings. The normalized spacial score (nSPS) is 13.3. The number of H-pyrrole nitrogens is 1. The van der Waals surface area contributed by atoms with Crippen LogP contribution >= 0.6 is 15.9 Å².